The average Bonchev–Trinajstić information content (AvgIpc) is 2.94. The Morgan fingerprint density at radius 1 is 1.45 bits per heavy atom. The molecule has 20 heavy (non-hydrogen) atoms. The van der Waals surface area contributed by atoms with Crippen molar-refractivity contribution in [2.75, 3.05) is 13.6 Å². The number of nitrogens with zero attached hydrogens (tertiary/aromatic N) is 1. The highest BCUT2D eigenvalue weighted by Crippen LogP contribution is 2.20. The molecule has 4 N–H and O–H groups in total. The van der Waals surface area contributed by atoms with Gasteiger partial charge < -0.3 is 9.73 Å². The number of amides is 2. The van der Waals surface area contributed by atoms with Gasteiger partial charge in [-0.3, -0.25) is 19.9 Å². The Labute approximate surface area is 117 Å². The van der Waals surface area contributed by atoms with Crippen LogP contribution in [0.3, 0.4) is 0 Å². The monoisotopic (exact) mass is 280 g/mol. The lowest BCUT2D eigenvalue weighted by Gasteiger charge is -2.33. The first-order valence-corrected chi connectivity index (χ1v) is 6.71. The van der Waals surface area contributed by atoms with E-state index in [1.165, 1.54) is 0 Å². The molecule has 2 heterocycles. The highest BCUT2D eigenvalue weighted by atomic mass is 16.4. The number of carbonyl (C=O) groups is 2. The summed E-state index contributed by atoms with van der Waals surface area (Å²) >= 11 is 0. The van der Waals surface area contributed by atoms with Crippen molar-refractivity contribution < 1.29 is 14.0 Å². The van der Waals surface area contributed by atoms with Gasteiger partial charge in [-0.05, 0) is 31.5 Å². The molecule has 0 bridgehead atoms. The third kappa shape index (κ3) is 3.17. The maximum Gasteiger partial charge on any atom is 0.300 e. The van der Waals surface area contributed by atoms with Gasteiger partial charge in [-0.25, -0.2) is 5.84 Å². The zero-order valence-electron chi connectivity index (χ0n) is 11.5. The summed E-state index contributed by atoms with van der Waals surface area (Å²) in [5, 5.41) is 2.69. The van der Waals surface area contributed by atoms with E-state index in [0.29, 0.717) is 12.3 Å². The topological polar surface area (TPSA) is 101 Å². The van der Waals surface area contributed by atoms with Crippen LogP contribution in [-0.4, -0.2) is 36.3 Å². The molecule has 1 aliphatic rings. The van der Waals surface area contributed by atoms with Crippen molar-refractivity contribution in [2.24, 2.45) is 5.84 Å². The fraction of sp³-hybridized carbons (Fsp3) is 0.538. The van der Waals surface area contributed by atoms with Crippen LogP contribution in [0.2, 0.25) is 0 Å². The summed E-state index contributed by atoms with van der Waals surface area (Å²) in [6.45, 7) is 1.35. The lowest BCUT2D eigenvalue weighted by atomic mass is 10.0. The summed E-state index contributed by atoms with van der Waals surface area (Å²) in [6.07, 6.45) is 2.95. The van der Waals surface area contributed by atoms with Crippen LogP contribution in [0.25, 0.3) is 0 Å². The lowest BCUT2D eigenvalue weighted by molar-refractivity contribution is -0.127. The van der Waals surface area contributed by atoms with Crippen LogP contribution in [0.15, 0.2) is 16.5 Å². The van der Waals surface area contributed by atoms with E-state index in [-0.39, 0.29) is 17.7 Å². The van der Waals surface area contributed by atoms with E-state index in [1.54, 1.807) is 19.2 Å². The SMILES string of the molecule is CNC(=O)C1CCCCN1Cc1ccc(C(=O)NN)o1. The molecule has 0 spiro atoms. The van der Waals surface area contributed by atoms with Gasteiger partial charge >= 0.3 is 5.91 Å². The van der Waals surface area contributed by atoms with Crippen molar-refractivity contribution in [3.05, 3.63) is 23.7 Å². The minimum atomic E-state index is -0.460. The zero-order chi connectivity index (χ0) is 14.5. The van der Waals surface area contributed by atoms with E-state index in [9.17, 15) is 9.59 Å². The molecule has 0 aromatic carbocycles. The number of likely N-dealkylation sites (N-methyl/N-ethyl adjacent to an activating group) is 1. The fourth-order valence-electron chi connectivity index (χ4n) is 2.50. The van der Waals surface area contributed by atoms with E-state index in [0.717, 1.165) is 25.8 Å². The number of carbonyl (C=O) groups excluding carboxylic acids is 2. The van der Waals surface area contributed by atoms with Crippen LogP contribution in [0.1, 0.15) is 35.6 Å². The smallest absolute Gasteiger partial charge is 0.300 e. The number of hydrazine groups is 1. The van der Waals surface area contributed by atoms with Crippen LogP contribution >= 0.6 is 0 Å². The second kappa shape index (κ2) is 6.53. The number of nitrogen functional groups attached to an aromatic ring is 1. The van der Waals surface area contributed by atoms with Gasteiger partial charge in [0.1, 0.15) is 5.76 Å². The van der Waals surface area contributed by atoms with Gasteiger partial charge in [-0.15, -0.1) is 0 Å². The van der Waals surface area contributed by atoms with Gasteiger partial charge in [0.2, 0.25) is 5.91 Å². The molecular formula is C13H20N4O3. The van der Waals surface area contributed by atoms with Gasteiger partial charge in [0, 0.05) is 7.05 Å². The largest absolute Gasteiger partial charge is 0.455 e. The lowest BCUT2D eigenvalue weighted by Crippen LogP contribution is -2.48. The Bertz CT molecular complexity index is 486. The van der Waals surface area contributed by atoms with Gasteiger partial charge in [0.05, 0.1) is 12.6 Å². The molecule has 7 heteroatoms. The maximum absolute atomic E-state index is 11.9. The van der Waals surface area contributed by atoms with Gasteiger partial charge in [-0.1, -0.05) is 6.42 Å². The molecule has 0 saturated carbocycles. The Balaban J connectivity index is 2.05. The summed E-state index contributed by atoms with van der Waals surface area (Å²) in [6, 6.07) is 3.18. The van der Waals surface area contributed by atoms with Crippen molar-refractivity contribution in [2.45, 2.75) is 31.8 Å². The Kier molecular flexibility index (Phi) is 4.75. The molecule has 2 rings (SSSR count). The Morgan fingerprint density at radius 2 is 2.25 bits per heavy atom. The van der Waals surface area contributed by atoms with Crippen LogP contribution in [0, 0.1) is 0 Å². The van der Waals surface area contributed by atoms with E-state index in [1.807, 2.05) is 5.43 Å². The van der Waals surface area contributed by atoms with Crippen molar-refractivity contribution in [3.63, 3.8) is 0 Å². The van der Waals surface area contributed by atoms with Gasteiger partial charge in [-0.2, -0.15) is 0 Å². The molecule has 1 aliphatic heterocycles. The molecule has 110 valence electrons. The molecule has 1 unspecified atom stereocenters. The predicted molar refractivity (Wildman–Crippen MR) is 72.5 cm³/mol. The number of rotatable bonds is 4. The number of hydrogen-bond acceptors (Lipinski definition) is 5. The molecule has 1 aromatic heterocycles. The second-order valence-electron chi connectivity index (χ2n) is 4.84. The van der Waals surface area contributed by atoms with Crippen LogP contribution in [-0.2, 0) is 11.3 Å². The van der Waals surface area contributed by atoms with Crippen LogP contribution in [0.5, 0.6) is 0 Å². The molecule has 1 atom stereocenters. The minimum absolute atomic E-state index is 0.0242. The quantitative estimate of drug-likeness (QED) is 0.409. The zero-order valence-corrected chi connectivity index (χ0v) is 11.5. The fourth-order valence-corrected chi connectivity index (χ4v) is 2.50. The minimum Gasteiger partial charge on any atom is -0.455 e. The number of nitrogens with one attached hydrogen (secondary N) is 2. The first kappa shape index (κ1) is 14.5. The third-order valence-electron chi connectivity index (χ3n) is 3.54. The van der Waals surface area contributed by atoms with E-state index < -0.39 is 5.91 Å². The second-order valence-corrected chi connectivity index (χ2v) is 4.84. The highest BCUT2D eigenvalue weighted by molar-refractivity contribution is 5.90. The van der Waals surface area contributed by atoms with E-state index in [2.05, 4.69) is 10.2 Å². The first-order chi connectivity index (χ1) is 9.65. The van der Waals surface area contributed by atoms with Crippen molar-refractivity contribution in [3.8, 4) is 0 Å². The number of hydrogen-bond donors (Lipinski definition) is 3. The highest BCUT2D eigenvalue weighted by Gasteiger charge is 2.28. The summed E-state index contributed by atoms with van der Waals surface area (Å²) in [5.74, 6) is 5.45. The Morgan fingerprint density at radius 3 is 2.95 bits per heavy atom. The summed E-state index contributed by atoms with van der Waals surface area (Å²) in [4.78, 5) is 25.3. The van der Waals surface area contributed by atoms with E-state index >= 15 is 0 Å². The number of piperidine rings is 1. The van der Waals surface area contributed by atoms with Crippen LogP contribution < -0.4 is 16.6 Å². The number of furan rings is 1. The molecule has 2 amide bonds. The molecule has 0 aliphatic carbocycles. The molecule has 1 aromatic rings. The van der Waals surface area contributed by atoms with E-state index in [4.69, 9.17) is 10.3 Å². The van der Waals surface area contributed by atoms with Crippen LogP contribution in [0.4, 0.5) is 0 Å². The van der Waals surface area contributed by atoms with Gasteiger partial charge in [0.25, 0.3) is 0 Å². The summed E-state index contributed by atoms with van der Waals surface area (Å²) in [7, 11) is 1.64. The van der Waals surface area contributed by atoms with Crippen molar-refractivity contribution in [1.82, 2.24) is 15.6 Å². The average molecular weight is 280 g/mol. The summed E-state index contributed by atoms with van der Waals surface area (Å²) in [5.41, 5.74) is 2.02. The van der Waals surface area contributed by atoms with Gasteiger partial charge in [0.15, 0.2) is 5.76 Å². The standard InChI is InChI=1S/C13H20N4O3/c1-15-12(18)10-4-2-3-7-17(10)8-9-5-6-11(20-9)13(19)16-14/h5-6,10H,2-4,7-8,14H2,1H3,(H,15,18)(H,16,19). The molecular weight excluding hydrogens is 260 g/mol. The van der Waals surface area contributed by atoms with Crippen molar-refractivity contribution in [1.29, 1.82) is 0 Å². The number of likely N-dealkylation sites (tertiary alicyclic amines) is 1. The number of nitrogens with two attached hydrogens (primary N) is 1. The molecule has 1 fully saturated rings. The molecule has 0 radical (unpaired) electrons. The van der Waals surface area contributed by atoms with Crippen molar-refractivity contribution >= 4 is 11.8 Å². The predicted octanol–water partition coefficient (Wildman–Crippen LogP) is -0.0164. The molecule has 7 nitrogen and oxygen atoms in total. The Hall–Kier alpha value is -1.86. The normalized spacial score (nSPS) is 19.6. The summed E-state index contributed by atoms with van der Waals surface area (Å²) < 4.78 is 5.44. The first-order valence-electron chi connectivity index (χ1n) is 6.71. The third-order valence-corrected chi connectivity index (χ3v) is 3.54. The molecule has 1 saturated heterocycles. The maximum atomic E-state index is 11.9.